The zero-order valence-electron chi connectivity index (χ0n) is 18.3. The predicted molar refractivity (Wildman–Crippen MR) is 122 cm³/mol. The lowest BCUT2D eigenvalue weighted by Gasteiger charge is -2.14. The standard InChI is InChI=1S/C25H25N3O4/c1-4-13-31-22-11-8-18(15-23(22)30-5-2)24(29)28-21-10-9-20(14-17(21)3)32-25-19(16-26)7-6-12-27-25/h6-12,14-15H,4-5,13H2,1-3H3,(H,28,29). The number of carbonyl (C=O) groups excluding carboxylic acids is 1. The van der Waals surface area contributed by atoms with Crippen molar-refractivity contribution >= 4 is 11.6 Å². The number of nitrogens with one attached hydrogen (secondary N) is 1. The number of anilines is 1. The number of aryl methyl sites for hydroxylation is 1. The summed E-state index contributed by atoms with van der Waals surface area (Å²) in [5.41, 5.74) is 2.26. The summed E-state index contributed by atoms with van der Waals surface area (Å²) in [6.07, 6.45) is 2.44. The Morgan fingerprint density at radius 1 is 1.09 bits per heavy atom. The maximum Gasteiger partial charge on any atom is 0.255 e. The van der Waals surface area contributed by atoms with E-state index in [0.29, 0.717) is 47.3 Å². The molecule has 2 aromatic carbocycles. The zero-order valence-corrected chi connectivity index (χ0v) is 18.3. The number of nitrogens with zero attached hydrogens (tertiary/aromatic N) is 2. The molecule has 0 aliphatic rings. The van der Waals surface area contributed by atoms with E-state index in [4.69, 9.17) is 14.2 Å². The van der Waals surface area contributed by atoms with E-state index in [-0.39, 0.29) is 11.8 Å². The number of nitriles is 1. The average molecular weight is 431 g/mol. The first kappa shape index (κ1) is 22.6. The highest BCUT2D eigenvalue weighted by Gasteiger charge is 2.14. The fourth-order valence-electron chi connectivity index (χ4n) is 2.95. The van der Waals surface area contributed by atoms with Crippen LogP contribution < -0.4 is 19.5 Å². The summed E-state index contributed by atoms with van der Waals surface area (Å²) in [7, 11) is 0. The molecule has 0 unspecified atom stereocenters. The molecule has 32 heavy (non-hydrogen) atoms. The fraction of sp³-hybridized carbons (Fsp3) is 0.240. The van der Waals surface area contributed by atoms with Crippen LogP contribution in [0.1, 0.15) is 41.8 Å². The number of carbonyl (C=O) groups is 1. The maximum absolute atomic E-state index is 12.8. The first-order valence-electron chi connectivity index (χ1n) is 10.4. The molecule has 164 valence electrons. The third-order valence-corrected chi connectivity index (χ3v) is 4.52. The second-order valence-corrected chi connectivity index (χ2v) is 6.94. The molecule has 0 atom stereocenters. The Kier molecular flexibility index (Phi) is 7.65. The van der Waals surface area contributed by atoms with Crippen molar-refractivity contribution in [3.8, 4) is 29.2 Å². The van der Waals surface area contributed by atoms with Crippen LogP contribution in [-0.2, 0) is 0 Å². The van der Waals surface area contributed by atoms with E-state index < -0.39 is 0 Å². The van der Waals surface area contributed by atoms with Crippen LogP contribution >= 0.6 is 0 Å². The molecular formula is C25H25N3O4. The Morgan fingerprint density at radius 3 is 2.66 bits per heavy atom. The molecule has 7 heteroatoms. The molecule has 0 spiro atoms. The summed E-state index contributed by atoms with van der Waals surface area (Å²) in [6.45, 7) is 6.82. The van der Waals surface area contributed by atoms with Crippen LogP contribution in [0.15, 0.2) is 54.7 Å². The largest absolute Gasteiger partial charge is 0.490 e. The molecule has 0 radical (unpaired) electrons. The van der Waals surface area contributed by atoms with Crippen molar-refractivity contribution in [3.63, 3.8) is 0 Å². The normalized spacial score (nSPS) is 10.2. The highest BCUT2D eigenvalue weighted by Crippen LogP contribution is 2.30. The highest BCUT2D eigenvalue weighted by molar-refractivity contribution is 6.05. The Balaban J connectivity index is 1.75. The molecule has 3 rings (SSSR count). The number of aromatic nitrogens is 1. The van der Waals surface area contributed by atoms with Gasteiger partial charge < -0.3 is 19.5 Å². The van der Waals surface area contributed by atoms with Gasteiger partial charge in [0.2, 0.25) is 5.88 Å². The van der Waals surface area contributed by atoms with Gasteiger partial charge in [0.25, 0.3) is 5.91 Å². The Hall–Kier alpha value is -4.05. The first-order chi connectivity index (χ1) is 15.5. The molecule has 0 aliphatic carbocycles. The van der Waals surface area contributed by atoms with E-state index in [0.717, 1.165) is 12.0 Å². The maximum atomic E-state index is 12.8. The van der Waals surface area contributed by atoms with Gasteiger partial charge in [-0.25, -0.2) is 4.98 Å². The lowest BCUT2D eigenvalue weighted by Crippen LogP contribution is -2.13. The summed E-state index contributed by atoms with van der Waals surface area (Å²) in [5.74, 6) is 1.65. The van der Waals surface area contributed by atoms with Crippen molar-refractivity contribution in [2.45, 2.75) is 27.2 Å². The molecule has 0 saturated carbocycles. The fourth-order valence-corrected chi connectivity index (χ4v) is 2.95. The molecule has 3 aromatic rings. The van der Waals surface area contributed by atoms with Crippen molar-refractivity contribution in [1.29, 1.82) is 5.26 Å². The smallest absolute Gasteiger partial charge is 0.255 e. The quantitative estimate of drug-likeness (QED) is 0.481. The van der Waals surface area contributed by atoms with Crippen molar-refractivity contribution < 1.29 is 19.0 Å². The lowest BCUT2D eigenvalue weighted by molar-refractivity contribution is 0.102. The van der Waals surface area contributed by atoms with Crippen LogP contribution in [0, 0.1) is 18.3 Å². The molecular weight excluding hydrogens is 406 g/mol. The molecule has 0 fully saturated rings. The third kappa shape index (κ3) is 5.55. The number of ether oxygens (including phenoxy) is 3. The summed E-state index contributed by atoms with van der Waals surface area (Å²) in [6, 6.07) is 15.7. The van der Waals surface area contributed by atoms with E-state index in [1.165, 1.54) is 0 Å². The van der Waals surface area contributed by atoms with Crippen LogP contribution in [0.2, 0.25) is 0 Å². The van der Waals surface area contributed by atoms with Gasteiger partial charge in [-0.15, -0.1) is 0 Å². The van der Waals surface area contributed by atoms with Gasteiger partial charge in [0.1, 0.15) is 17.4 Å². The average Bonchev–Trinajstić information content (AvgIpc) is 2.80. The van der Waals surface area contributed by atoms with Crippen molar-refractivity contribution in [2.75, 3.05) is 18.5 Å². The van der Waals surface area contributed by atoms with Gasteiger partial charge in [0, 0.05) is 17.4 Å². The van der Waals surface area contributed by atoms with Gasteiger partial charge >= 0.3 is 0 Å². The molecule has 7 nitrogen and oxygen atoms in total. The van der Waals surface area contributed by atoms with Gasteiger partial charge in [0.05, 0.1) is 13.2 Å². The summed E-state index contributed by atoms with van der Waals surface area (Å²) < 4.78 is 17.1. The van der Waals surface area contributed by atoms with Crippen LogP contribution in [0.5, 0.6) is 23.1 Å². The molecule has 1 N–H and O–H groups in total. The van der Waals surface area contributed by atoms with E-state index in [2.05, 4.69) is 16.4 Å². The summed E-state index contributed by atoms with van der Waals surface area (Å²) in [5, 5.41) is 12.1. The lowest BCUT2D eigenvalue weighted by atomic mass is 10.1. The van der Waals surface area contributed by atoms with E-state index >= 15 is 0 Å². The van der Waals surface area contributed by atoms with Crippen LogP contribution in [-0.4, -0.2) is 24.1 Å². The first-order valence-corrected chi connectivity index (χ1v) is 10.4. The minimum absolute atomic E-state index is 0.236. The van der Waals surface area contributed by atoms with Crippen LogP contribution in [0.3, 0.4) is 0 Å². The number of rotatable bonds is 9. The van der Waals surface area contributed by atoms with Gasteiger partial charge in [-0.05, 0) is 74.4 Å². The number of amides is 1. The molecule has 0 bridgehead atoms. The second-order valence-electron chi connectivity index (χ2n) is 6.94. The van der Waals surface area contributed by atoms with Gasteiger partial charge in [-0.2, -0.15) is 5.26 Å². The molecule has 1 heterocycles. The number of hydrogen-bond donors (Lipinski definition) is 1. The van der Waals surface area contributed by atoms with E-state index in [1.807, 2.05) is 20.8 Å². The Morgan fingerprint density at radius 2 is 1.94 bits per heavy atom. The molecule has 0 saturated heterocycles. The van der Waals surface area contributed by atoms with Crippen LogP contribution in [0.25, 0.3) is 0 Å². The van der Waals surface area contributed by atoms with E-state index in [1.54, 1.807) is 54.7 Å². The van der Waals surface area contributed by atoms with Gasteiger partial charge in [-0.1, -0.05) is 6.92 Å². The highest BCUT2D eigenvalue weighted by atomic mass is 16.5. The second kappa shape index (κ2) is 10.8. The Labute approximate surface area is 187 Å². The molecule has 0 aliphatic heterocycles. The SMILES string of the molecule is CCCOc1ccc(C(=O)Nc2ccc(Oc3ncccc3C#N)cc2C)cc1OCC. The topological polar surface area (TPSA) is 93.5 Å². The van der Waals surface area contributed by atoms with Crippen molar-refractivity contribution in [2.24, 2.45) is 0 Å². The molecule has 1 amide bonds. The minimum Gasteiger partial charge on any atom is -0.490 e. The van der Waals surface area contributed by atoms with Crippen LogP contribution in [0.4, 0.5) is 5.69 Å². The third-order valence-electron chi connectivity index (χ3n) is 4.52. The van der Waals surface area contributed by atoms with Crippen molar-refractivity contribution in [3.05, 3.63) is 71.4 Å². The van der Waals surface area contributed by atoms with Gasteiger partial charge in [0.15, 0.2) is 11.5 Å². The van der Waals surface area contributed by atoms with E-state index in [9.17, 15) is 10.1 Å². The van der Waals surface area contributed by atoms with Gasteiger partial charge in [-0.3, -0.25) is 4.79 Å². The minimum atomic E-state index is -0.263. The summed E-state index contributed by atoms with van der Waals surface area (Å²) in [4.78, 5) is 16.9. The number of benzene rings is 2. The Bertz CT molecular complexity index is 1140. The number of pyridine rings is 1. The van der Waals surface area contributed by atoms with Crippen molar-refractivity contribution in [1.82, 2.24) is 4.98 Å². The molecule has 1 aromatic heterocycles. The zero-order chi connectivity index (χ0) is 22.9. The predicted octanol–water partition coefficient (Wildman–Crippen LogP) is 5.49. The monoisotopic (exact) mass is 431 g/mol. The summed E-state index contributed by atoms with van der Waals surface area (Å²) >= 11 is 0. The number of hydrogen-bond acceptors (Lipinski definition) is 6.